The lowest BCUT2D eigenvalue weighted by Crippen LogP contribution is -2.40. The monoisotopic (exact) mass is 311 g/mol. The van der Waals surface area contributed by atoms with Crippen molar-refractivity contribution in [2.45, 2.75) is 43.6 Å². The standard InChI is InChI=1S/C16H22FNO2S/c1-13(16(19)18-10-4-2-3-5-11-18)21(20)12-14-6-8-15(17)9-7-14/h6-9,13H,2-5,10-12H2,1H3. The number of carbonyl (C=O) groups is 1. The Morgan fingerprint density at radius 3 is 2.33 bits per heavy atom. The van der Waals surface area contributed by atoms with Crippen LogP contribution in [-0.4, -0.2) is 33.4 Å². The predicted octanol–water partition coefficient (Wildman–Crippen LogP) is 2.87. The highest BCUT2D eigenvalue weighted by Crippen LogP contribution is 2.14. The van der Waals surface area contributed by atoms with Gasteiger partial charge in [-0.05, 0) is 37.5 Å². The van der Waals surface area contributed by atoms with E-state index in [9.17, 15) is 13.4 Å². The molecule has 1 aromatic rings. The first kappa shape index (κ1) is 16.1. The summed E-state index contributed by atoms with van der Waals surface area (Å²) in [6.45, 7) is 3.28. The van der Waals surface area contributed by atoms with Crippen LogP contribution in [0.25, 0.3) is 0 Å². The number of carbonyl (C=O) groups excluding carboxylic acids is 1. The summed E-state index contributed by atoms with van der Waals surface area (Å²) in [4.78, 5) is 14.3. The molecule has 116 valence electrons. The Hall–Kier alpha value is -1.23. The molecule has 21 heavy (non-hydrogen) atoms. The zero-order valence-corrected chi connectivity index (χ0v) is 13.2. The van der Waals surface area contributed by atoms with E-state index in [-0.39, 0.29) is 11.7 Å². The van der Waals surface area contributed by atoms with E-state index in [0.717, 1.165) is 44.3 Å². The van der Waals surface area contributed by atoms with Crippen molar-refractivity contribution in [3.05, 3.63) is 35.6 Å². The van der Waals surface area contributed by atoms with Crippen LogP contribution in [0.4, 0.5) is 4.39 Å². The van der Waals surface area contributed by atoms with Gasteiger partial charge in [-0.3, -0.25) is 9.00 Å². The molecule has 1 saturated heterocycles. The zero-order chi connectivity index (χ0) is 15.2. The van der Waals surface area contributed by atoms with Crippen molar-refractivity contribution < 1.29 is 13.4 Å². The van der Waals surface area contributed by atoms with Gasteiger partial charge < -0.3 is 4.90 Å². The second-order valence-electron chi connectivity index (χ2n) is 5.53. The number of halogens is 1. The smallest absolute Gasteiger partial charge is 0.238 e. The molecule has 0 saturated carbocycles. The van der Waals surface area contributed by atoms with Gasteiger partial charge in [0.2, 0.25) is 5.91 Å². The van der Waals surface area contributed by atoms with E-state index in [2.05, 4.69) is 0 Å². The lowest BCUT2D eigenvalue weighted by Gasteiger charge is -2.23. The average Bonchev–Trinajstić information content (AvgIpc) is 2.77. The van der Waals surface area contributed by atoms with Gasteiger partial charge in [-0.2, -0.15) is 0 Å². The van der Waals surface area contributed by atoms with Crippen LogP contribution in [0.1, 0.15) is 38.2 Å². The Morgan fingerprint density at radius 2 is 1.76 bits per heavy atom. The molecule has 1 aliphatic heterocycles. The third-order valence-corrected chi connectivity index (χ3v) is 5.49. The third kappa shape index (κ3) is 4.63. The van der Waals surface area contributed by atoms with Crippen LogP contribution < -0.4 is 0 Å². The van der Waals surface area contributed by atoms with Crippen molar-refractivity contribution >= 4 is 16.7 Å². The number of benzene rings is 1. The molecule has 5 heteroatoms. The molecule has 0 spiro atoms. The first-order valence-electron chi connectivity index (χ1n) is 7.48. The molecule has 2 atom stereocenters. The third-order valence-electron chi connectivity index (χ3n) is 3.88. The summed E-state index contributed by atoms with van der Waals surface area (Å²) >= 11 is 0. The van der Waals surface area contributed by atoms with Gasteiger partial charge in [-0.25, -0.2) is 4.39 Å². The SMILES string of the molecule is CC(C(=O)N1CCCCCC1)S(=O)Cc1ccc(F)cc1. The first-order chi connectivity index (χ1) is 10.1. The Kier molecular flexibility index (Phi) is 5.91. The number of nitrogens with zero attached hydrogens (tertiary/aromatic N) is 1. The van der Waals surface area contributed by atoms with E-state index in [1.165, 1.54) is 12.1 Å². The van der Waals surface area contributed by atoms with E-state index in [0.29, 0.717) is 5.75 Å². The van der Waals surface area contributed by atoms with E-state index >= 15 is 0 Å². The minimum absolute atomic E-state index is 0.0163. The van der Waals surface area contributed by atoms with Gasteiger partial charge in [0.1, 0.15) is 11.1 Å². The molecular formula is C16H22FNO2S. The zero-order valence-electron chi connectivity index (χ0n) is 12.4. The Labute approximate surface area is 128 Å². The molecule has 0 radical (unpaired) electrons. The molecule has 2 rings (SSSR count). The lowest BCUT2D eigenvalue weighted by molar-refractivity contribution is -0.130. The van der Waals surface area contributed by atoms with Crippen LogP contribution >= 0.6 is 0 Å². The van der Waals surface area contributed by atoms with Gasteiger partial charge in [0.05, 0.1) is 0 Å². The van der Waals surface area contributed by atoms with Crippen LogP contribution in [0.2, 0.25) is 0 Å². The van der Waals surface area contributed by atoms with Gasteiger partial charge in [-0.15, -0.1) is 0 Å². The quantitative estimate of drug-likeness (QED) is 0.857. The number of rotatable bonds is 4. The predicted molar refractivity (Wildman–Crippen MR) is 82.8 cm³/mol. The summed E-state index contributed by atoms with van der Waals surface area (Å²) in [5.41, 5.74) is 0.797. The maximum atomic E-state index is 12.9. The van der Waals surface area contributed by atoms with Crippen LogP contribution in [0.3, 0.4) is 0 Å². The van der Waals surface area contributed by atoms with Gasteiger partial charge in [0, 0.05) is 29.6 Å². The largest absolute Gasteiger partial charge is 0.342 e. The van der Waals surface area contributed by atoms with Crippen LogP contribution in [-0.2, 0) is 21.3 Å². The maximum Gasteiger partial charge on any atom is 0.238 e. The molecule has 1 fully saturated rings. The van der Waals surface area contributed by atoms with Gasteiger partial charge >= 0.3 is 0 Å². The summed E-state index contributed by atoms with van der Waals surface area (Å²) in [6, 6.07) is 5.95. The minimum atomic E-state index is -1.27. The first-order valence-corrected chi connectivity index (χ1v) is 8.86. The molecule has 0 bridgehead atoms. The maximum absolute atomic E-state index is 12.9. The summed E-state index contributed by atoms with van der Waals surface area (Å²) in [6.07, 6.45) is 4.39. The van der Waals surface area contributed by atoms with Gasteiger partial charge in [0.25, 0.3) is 0 Å². The Balaban J connectivity index is 1.94. The Morgan fingerprint density at radius 1 is 1.19 bits per heavy atom. The van der Waals surface area contributed by atoms with E-state index < -0.39 is 16.0 Å². The molecule has 2 unspecified atom stereocenters. The minimum Gasteiger partial charge on any atom is -0.342 e. The number of hydrogen-bond donors (Lipinski definition) is 0. The number of likely N-dealkylation sites (tertiary alicyclic amines) is 1. The summed E-state index contributed by atoms with van der Waals surface area (Å²) < 4.78 is 25.2. The molecule has 1 aliphatic rings. The number of hydrogen-bond acceptors (Lipinski definition) is 2. The molecule has 0 aromatic heterocycles. The van der Waals surface area contributed by atoms with Gasteiger partial charge in [0.15, 0.2) is 0 Å². The molecular weight excluding hydrogens is 289 g/mol. The van der Waals surface area contributed by atoms with E-state index in [4.69, 9.17) is 0 Å². The molecule has 0 N–H and O–H groups in total. The summed E-state index contributed by atoms with van der Waals surface area (Å²) in [5.74, 6) is -0.0309. The topological polar surface area (TPSA) is 37.4 Å². The molecule has 1 heterocycles. The highest BCUT2D eigenvalue weighted by Gasteiger charge is 2.25. The fourth-order valence-corrected chi connectivity index (χ4v) is 3.68. The van der Waals surface area contributed by atoms with E-state index in [1.54, 1.807) is 19.1 Å². The fourth-order valence-electron chi connectivity index (χ4n) is 2.53. The van der Waals surface area contributed by atoms with Crippen molar-refractivity contribution in [1.82, 2.24) is 4.90 Å². The van der Waals surface area contributed by atoms with Crippen molar-refractivity contribution in [3.63, 3.8) is 0 Å². The number of amides is 1. The van der Waals surface area contributed by atoms with Crippen molar-refractivity contribution in [2.24, 2.45) is 0 Å². The van der Waals surface area contributed by atoms with E-state index in [1.807, 2.05) is 4.90 Å². The second kappa shape index (κ2) is 7.69. The highest BCUT2D eigenvalue weighted by molar-refractivity contribution is 7.85. The van der Waals surface area contributed by atoms with Crippen LogP contribution in [0.15, 0.2) is 24.3 Å². The van der Waals surface area contributed by atoms with Crippen molar-refractivity contribution in [3.8, 4) is 0 Å². The molecule has 0 aliphatic carbocycles. The highest BCUT2D eigenvalue weighted by atomic mass is 32.2. The second-order valence-corrected chi connectivity index (χ2v) is 7.29. The Bertz CT molecular complexity index is 496. The average molecular weight is 311 g/mol. The summed E-state index contributed by atoms with van der Waals surface area (Å²) in [5, 5.41) is -0.506. The van der Waals surface area contributed by atoms with Gasteiger partial charge in [-0.1, -0.05) is 25.0 Å². The molecule has 1 amide bonds. The van der Waals surface area contributed by atoms with Crippen molar-refractivity contribution in [1.29, 1.82) is 0 Å². The normalized spacial score (nSPS) is 18.9. The fraction of sp³-hybridized carbons (Fsp3) is 0.562. The van der Waals surface area contributed by atoms with Crippen LogP contribution in [0, 0.1) is 5.82 Å². The van der Waals surface area contributed by atoms with Crippen molar-refractivity contribution in [2.75, 3.05) is 13.1 Å². The summed E-state index contributed by atoms with van der Waals surface area (Å²) in [7, 11) is -1.27. The molecule has 3 nitrogen and oxygen atoms in total. The lowest BCUT2D eigenvalue weighted by atomic mass is 10.2. The van der Waals surface area contributed by atoms with Crippen LogP contribution in [0.5, 0.6) is 0 Å². The molecule has 1 aromatic carbocycles.